The van der Waals surface area contributed by atoms with E-state index in [1.54, 1.807) is 18.3 Å². The highest BCUT2D eigenvalue weighted by molar-refractivity contribution is 5.86. The first-order valence-electron chi connectivity index (χ1n) is 8.53. The Morgan fingerprint density at radius 1 is 1.25 bits per heavy atom. The summed E-state index contributed by atoms with van der Waals surface area (Å²) >= 11 is 0. The zero-order chi connectivity index (χ0) is 20.3. The van der Waals surface area contributed by atoms with Crippen LogP contribution in [0.15, 0.2) is 48.7 Å². The number of carboxylic acid groups (broad SMARTS) is 2. The second-order valence-electron chi connectivity index (χ2n) is 6.40. The summed E-state index contributed by atoms with van der Waals surface area (Å²) in [6.45, 7) is 0. The van der Waals surface area contributed by atoms with E-state index in [1.807, 2.05) is 6.07 Å². The smallest absolute Gasteiger partial charge is 0.328 e. The molecule has 28 heavy (non-hydrogen) atoms. The minimum Gasteiger partial charge on any atom is -0.498 e. The van der Waals surface area contributed by atoms with Crippen LogP contribution in [0.5, 0.6) is 0 Å². The van der Waals surface area contributed by atoms with Crippen molar-refractivity contribution >= 4 is 23.3 Å². The average Bonchev–Trinajstić information content (AvgIpc) is 2.67. The summed E-state index contributed by atoms with van der Waals surface area (Å²) in [6.07, 6.45) is 4.58. The third kappa shape index (κ3) is 4.09. The second kappa shape index (κ2) is 8.04. The molecule has 1 heterocycles. The molecule has 7 heteroatoms. The lowest BCUT2D eigenvalue weighted by Crippen LogP contribution is -2.40. The summed E-state index contributed by atoms with van der Waals surface area (Å²) in [7, 11) is 1.39. The zero-order valence-corrected chi connectivity index (χ0v) is 15.1. The Kier molecular flexibility index (Phi) is 5.54. The molecule has 2 N–H and O–H groups in total. The molecule has 1 aliphatic rings. The number of rotatable bonds is 6. The first-order chi connectivity index (χ1) is 13.4. The first-order valence-corrected chi connectivity index (χ1v) is 8.53. The number of carboxylic acids is 2. The van der Waals surface area contributed by atoms with Gasteiger partial charge in [-0.2, -0.15) is 0 Å². The molecule has 3 rings (SSSR count). The molecule has 1 aromatic carbocycles. The fourth-order valence-electron chi connectivity index (χ4n) is 3.24. The molecule has 0 saturated carbocycles. The van der Waals surface area contributed by atoms with Crippen LogP contribution in [0.2, 0.25) is 0 Å². The van der Waals surface area contributed by atoms with Crippen molar-refractivity contribution in [3.63, 3.8) is 0 Å². The molecular formula is C21H18FNO5. The van der Waals surface area contributed by atoms with Crippen molar-refractivity contribution in [1.29, 1.82) is 0 Å². The quantitative estimate of drug-likeness (QED) is 0.733. The molecule has 0 bridgehead atoms. The van der Waals surface area contributed by atoms with E-state index in [0.29, 0.717) is 22.6 Å². The fraction of sp³-hybridized carbons (Fsp3) is 0.190. The second-order valence-corrected chi connectivity index (χ2v) is 6.40. The highest BCUT2D eigenvalue weighted by Crippen LogP contribution is 2.24. The molecule has 0 saturated heterocycles. The molecule has 0 fully saturated rings. The molecule has 1 aromatic heterocycles. The number of pyridine rings is 1. The van der Waals surface area contributed by atoms with E-state index in [0.717, 1.165) is 17.2 Å². The monoisotopic (exact) mass is 383 g/mol. The maximum atomic E-state index is 13.1. The molecule has 6 nitrogen and oxygen atoms in total. The fourth-order valence-corrected chi connectivity index (χ4v) is 3.24. The van der Waals surface area contributed by atoms with Crippen molar-refractivity contribution in [1.82, 2.24) is 4.98 Å². The molecule has 1 unspecified atom stereocenters. The van der Waals surface area contributed by atoms with Crippen LogP contribution in [0.3, 0.4) is 0 Å². The summed E-state index contributed by atoms with van der Waals surface area (Å²) in [4.78, 5) is 27.0. The number of aliphatic carboxylic acids is 2. The van der Waals surface area contributed by atoms with E-state index in [9.17, 15) is 19.1 Å². The highest BCUT2D eigenvalue weighted by Gasteiger charge is 2.29. The minimum absolute atomic E-state index is 0.0942. The number of hydrogen-bond acceptors (Lipinski definition) is 4. The summed E-state index contributed by atoms with van der Waals surface area (Å²) < 4.78 is 18.4. The normalized spacial score (nSPS) is 16.1. The van der Waals surface area contributed by atoms with Crippen LogP contribution in [-0.4, -0.2) is 34.2 Å². The molecule has 0 aliphatic heterocycles. The van der Waals surface area contributed by atoms with Gasteiger partial charge in [-0.1, -0.05) is 18.2 Å². The number of fused-ring (bicyclic) bond motifs is 1. The van der Waals surface area contributed by atoms with Gasteiger partial charge in [0.2, 0.25) is 0 Å². The number of halogens is 1. The molecule has 0 spiro atoms. The van der Waals surface area contributed by atoms with Gasteiger partial charge in [-0.05, 0) is 47.7 Å². The van der Waals surface area contributed by atoms with Gasteiger partial charge in [-0.15, -0.1) is 0 Å². The third-order valence-corrected chi connectivity index (χ3v) is 4.53. The lowest BCUT2D eigenvalue weighted by Gasteiger charge is -2.20. The summed E-state index contributed by atoms with van der Waals surface area (Å²) in [5.74, 6) is -3.22. The van der Waals surface area contributed by atoms with Gasteiger partial charge in [0, 0.05) is 17.5 Å². The van der Waals surface area contributed by atoms with Gasteiger partial charge in [-0.3, -0.25) is 9.78 Å². The van der Waals surface area contributed by atoms with Crippen molar-refractivity contribution in [2.45, 2.75) is 12.8 Å². The Hall–Kier alpha value is -3.48. The van der Waals surface area contributed by atoms with Crippen LogP contribution in [-0.2, 0) is 20.7 Å². The van der Waals surface area contributed by atoms with Gasteiger partial charge < -0.3 is 14.9 Å². The lowest BCUT2D eigenvalue weighted by molar-refractivity contribution is -0.140. The number of hydrogen-bond donors (Lipinski definition) is 2. The van der Waals surface area contributed by atoms with Crippen LogP contribution in [0, 0.1) is 11.7 Å². The largest absolute Gasteiger partial charge is 0.498 e. The topological polar surface area (TPSA) is 96.7 Å². The minimum atomic E-state index is -1.13. The molecule has 144 valence electrons. The number of carbonyl (C=O) groups is 2. The van der Waals surface area contributed by atoms with Gasteiger partial charge in [-0.25, -0.2) is 9.18 Å². The number of benzene rings is 1. The molecule has 1 aliphatic carbocycles. The van der Waals surface area contributed by atoms with E-state index in [-0.39, 0.29) is 18.0 Å². The van der Waals surface area contributed by atoms with Crippen molar-refractivity contribution in [3.8, 4) is 0 Å². The van der Waals surface area contributed by atoms with Crippen LogP contribution >= 0.6 is 0 Å². The predicted molar refractivity (Wildman–Crippen MR) is 99.0 cm³/mol. The number of ether oxygens (including phenoxy) is 1. The maximum Gasteiger partial charge on any atom is 0.328 e. The number of aromatic nitrogens is 1. The van der Waals surface area contributed by atoms with Crippen LogP contribution in [0.4, 0.5) is 4.39 Å². The van der Waals surface area contributed by atoms with Crippen molar-refractivity contribution in [2.24, 2.45) is 5.92 Å². The predicted octanol–water partition coefficient (Wildman–Crippen LogP) is 1.46. The molecule has 1 atom stereocenters. The lowest BCUT2D eigenvalue weighted by atomic mass is 9.90. The Morgan fingerprint density at radius 3 is 2.57 bits per heavy atom. The Bertz CT molecular complexity index is 1070. The Labute approximate surface area is 159 Å². The van der Waals surface area contributed by atoms with E-state index in [2.05, 4.69) is 4.98 Å². The van der Waals surface area contributed by atoms with Crippen LogP contribution in [0.1, 0.15) is 17.5 Å². The molecule has 2 aromatic rings. The average molecular weight is 383 g/mol. The van der Waals surface area contributed by atoms with Gasteiger partial charge in [0.15, 0.2) is 0 Å². The van der Waals surface area contributed by atoms with E-state index in [4.69, 9.17) is 9.84 Å². The molecular weight excluding hydrogens is 365 g/mol. The van der Waals surface area contributed by atoms with E-state index >= 15 is 0 Å². The van der Waals surface area contributed by atoms with Gasteiger partial charge in [0.05, 0.1) is 7.11 Å². The van der Waals surface area contributed by atoms with E-state index in [1.165, 1.54) is 25.3 Å². The maximum absolute atomic E-state index is 13.1. The summed E-state index contributed by atoms with van der Waals surface area (Å²) in [6, 6.07) is 7.95. The first kappa shape index (κ1) is 19.3. The van der Waals surface area contributed by atoms with Crippen molar-refractivity contribution in [3.05, 3.63) is 76.2 Å². The molecule has 0 radical (unpaired) electrons. The van der Waals surface area contributed by atoms with Crippen LogP contribution < -0.4 is 10.6 Å². The molecule has 0 amide bonds. The van der Waals surface area contributed by atoms with Gasteiger partial charge in [0.1, 0.15) is 22.8 Å². The Morgan fingerprint density at radius 2 is 1.96 bits per heavy atom. The van der Waals surface area contributed by atoms with Gasteiger partial charge >= 0.3 is 11.9 Å². The summed E-state index contributed by atoms with van der Waals surface area (Å²) in [5.41, 5.74) is 2.27. The van der Waals surface area contributed by atoms with Crippen LogP contribution in [0.25, 0.3) is 11.3 Å². The van der Waals surface area contributed by atoms with Crippen molar-refractivity contribution in [2.75, 3.05) is 7.11 Å². The van der Waals surface area contributed by atoms with E-state index < -0.39 is 17.9 Å². The number of nitrogens with zero attached hydrogens (tertiary/aromatic N) is 1. The number of allylic oxidation sites excluding steroid dienone is 1. The SMILES string of the molecule is COC1=c2ncc(Cc3ccc(F)cc3)cc2=C(/C=C/C(=O)O)CC1C(=O)O. The Balaban J connectivity index is 2.16. The number of methoxy groups -OCH3 is 1. The third-order valence-electron chi connectivity index (χ3n) is 4.53. The van der Waals surface area contributed by atoms with Gasteiger partial charge in [0.25, 0.3) is 0 Å². The zero-order valence-electron chi connectivity index (χ0n) is 15.1. The van der Waals surface area contributed by atoms with Crippen molar-refractivity contribution < 1.29 is 28.9 Å². The standard InChI is InChI=1S/C21H18FNO5/c1-28-20-17(21(26)27)10-14(4-7-18(24)25)16-9-13(11-23-19(16)20)8-12-2-5-15(22)6-3-12/h2-7,9,11,17H,8,10H2,1H3,(H,24,25)(H,26,27)/b7-4+. The summed E-state index contributed by atoms with van der Waals surface area (Å²) in [5, 5.41) is 19.5. The highest BCUT2D eigenvalue weighted by atomic mass is 19.1.